The molecule has 0 unspecified atom stereocenters. The molecule has 2 N–H and O–H groups in total. The van der Waals surface area contributed by atoms with E-state index in [4.69, 9.17) is 9.47 Å². The third-order valence-corrected chi connectivity index (χ3v) is 4.30. The van der Waals surface area contributed by atoms with Gasteiger partial charge in [-0.2, -0.15) is 0 Å². The predicted molar refractivity (Wildman–Crippen MR) is 95.9 cm³/mol. The minimum atomic E-state index is -0.671. The molecule has 1 aliphatic carbocycles. The Morgan fingerprint density at radius 2 is 1.69 bits per heavy atom. The highest BCUT2D eigenvalue weighted by molar-refractivity contribution is 5.95. The second-order valence-electron chi connectivity index (χ2n) is 6.53. The number of ether oxygens (including phenoxy) is 2. The average Bonchev–Trinajstić information content (AvgIpc) is 2.60. The third-order valence-electron chi connectivity index (χ3n) is 4.30. The van der Waals surface area contributed by atoms with Crippen LogP contribution in [0.5, 0.6) is 5.75 Å². The van der Waals surface area contributed by atoms with Gasteiger partial charge in [-0.25, -0.2) is 9.59 Å². The molecule has 0 atom stereocenters. The van der Waals surface area contributed by atoms with E-state index in [0.29, 0.717) is 5.75 Å². The fraction of sp³-hybridized carbons (Fsp3) is 0.526. The molecule has 0 heterocycles. The van der Waals surface area contributed by atoms with E-state index < -0.39 is 24.5 Å². The van der Waals surface area contributed by atoms with Crippen LogP contribution in [0.25, 0.3) is 0 Å². The van der Waals surface area contributed by atoms with Gasteiger partial charge in [0.05, 0.1) is 0 Å². The van der Waals surface area contributed by atoms with Gasteiger partial charge in [0.1, 0.15) is 5.75 Å². The SMILES string of the molecule is Cc1cccc(C)c1OCC(=O)OCC(=O)NC(=O)NC1CCCCC1. The zero-order valence-electron chi connectivity index (χ0n) is 15.3. The fourth-order valence-corrected chi connectivity index (χ4v) is 2.98. The predicted octanol–water partition coefficient (Wildman–Crippen LogP) is 2.38. The normalized spacial score (nSPS) is 14.4. The van der Waals surface area contributed by atoms with Gasteiger partial charge in [-0.1, -0.05) is 37.5 Å². The Labute approximate surface area is 153 Å². The summed E-state index contributed by atoms with van der Waals surface area (Å²) in [5.41, 5.74) is 1.82. The van der Waals surface area contributed by atoms with E-state index in [1.54, 1.807) is 0 Å². The molecule has 1 aromatic carbocycles. The maximum absolute atomic E-state index is 11.7. The van der Waals surface area contributed by atoms with Gasteiger partial charge in [0.2, 0.25) is 0 Å². The van der Waals surface area contributed by atoms with Crippen molar-refractivity contribution in [1.82, 2.24) is 10.6 Å². The van der Waals surface area contributed by atoms with E-state index in [1.165, 1.54) is 6.42 Å². The number of amides is 3. The van der Waals surface area contributed by atoms with Crippen LogP contribution in [0.1, 0.15) is 43.2 Å². The summed E-state index contributed by atoms with van der Waals surface area (Å²) in [6, 6.07) is 5.21. The van der Waals surface area contributed by atoms with Crippen LogP contribution in [0.4, 0.5) is 4.79 Å². The van der Waals surface area contributed by atoms with Crippen molar-refractivity contribution in [3.05, 3.63) is 29.3 Å². The topological polar surface area (TPSA) is 93.7 Å². The number of imide groups is 1. The lowest BCUT2D eigenvalue weighted by Gasteiger charge is -2.22. The summed E-state index contributed by atoms with van der Waals surface area (Å²) < 4.78 is 10.3. The number of rotatable bonds is 6. The molecule has 0 aromatic heterocycles. The summed E-state index contributed by atoms with van der Waals surface area (Å²) in [6.45, 7) is 2.94. The lowest BCUT2D eigenvalue weighted by molar-refractivity contribution is -0.150. The third kappa shape index (κ3) is 6.38. The van der Waals surface area contributed by atoms with Gasteiger partial charge in [0, 0.05) is 6.04 Å². The van der Waals surface area contributed by atoms with Crippen molar-refractivity contribution in [3.63, 3.8) is 0 Å². The van der Waals surface area contributed by atoms with Crippen molar-refractivity contribution in [2.24, 2.45) is 0 Å². The van der Waals surface area contributed by atoms with Crippen molar-refractivity contribution in [2.45, 2.75) is 52.0 Å². The highest BCUT2D eigenvalue weighted by Gasteiger charge is 2.17. The molecule has 0 radical (unpaired) electrons. The number of hydrogen-bond acceptors (Lipinski definition) is 5. The summed E-state index contributed by atoms with van der Waals surface area (Å²) in [5.74, 6) is -0.713. The van der Waals surface area contributed by atoms with Crippen molar-refractivity contribution < 1.29 is 23.9 Å². The molecule has 1 saturated carbocycles. The Kier molecular flexibility index (Phi) is 7.44. The molecule has 142 valence electrons. The molecule has 0 spiro atoms. The molecule has 1 aliphatic rings. The van der Waals surface area contributed by atoms with Crippen molar-refractivity contribution in [3.8, 4) is 5.75 Å². The molecule has 0 bridgehead atoms. The number of urea groups is 1. The van der Waals surface area contributed by atoms with Gasteiger partial charge in [-0.15, -0.1) is 0 Å². The largest absolute Gasteiger partial charge is 0.481 e. The molecule has 26 heavy (non-hydrogen) atoms. The van der Waals surface area contributed by atoms with E-state index in [2.05, 4.69) is 10.6 Å². The number of para-hydroxylation sites is 1. The fourth-order valence-electron chi connectivity index (χ4n) is 2.98. The molecule has 1 fully saturated rings. The number of carbonyl (C=O) groups is 3. The van der Waals surface area contributed by atoms with Crippen LogP contribution in [0.15, 0.2) is 18.2 Å². The Morgan fingerprint density at radius 3 is 2.35 bits per heavy atom. The van der Waals surface area contributed by atoms with Gasteiger partial charge in [0.25, 0.3) is 5.91 Å². The summed E-state index contributed by atoms with van der Waals surface area (Å²) in [6.07, 6.45) is 5.19. The monoisotopic (exact) mass is 362 g/mol. The summed E-state index contributed by atoms with van der Waals surface area (Å²) in [5, 5.41) is 4.93. The molecular formula is C19H26N2O5. The van der Waals surface area contributed by atoms with Gasteiger partial charge in [0.15, 0.2) is 13.2 Å². The molecule has 7 nitrogen and oxygen atoms in total. The van der Waals surface area contributed by atoms with Crippen LogP contribution in [0, 0.1) is 13.8 Å². The van der Waals surface area contributed by atoms with Gasteiger partial charge < -0.3 is 14.8 Å². The van der Waals surface area contributed by atoms with Crippen LogP contribution in [0.3, 0.4) is 0 Å². The Balaban J connectivity index is 1.66. The number of carbonyl (C=O) groups excluding carboxylic acids is 3. The molecule has 3 amide bonds. The van der Waals surface area contributed by atoms with Crippen molar-refractivity contribution in [1.29, 1.82) is 0 Å². The van der Waals surface area contributed by atoms with Crippen molar-refractivity contribution in [2.75, 3.05) is 13.2 Å². The lowest BCUT2D eigenvalue weighted by atomic mass is 9.96. The molecule has 0 aliphatic heterocycles. The Morgan fingerprint density at radius 1 is 1.04 bits per heavy atom. The maximum Gasteiger partial charge on any atom is 0.344 e. The standard InChI is InChI=1S/C19H26N2O5/c1-13-7-6-8-14(2)18(13)26-12-17(23)25-11-16(22)21-19(24)20-15-9-4-3-5-10-15/h6-8,15H,3-5,9-12H2,1-2H3,(H2,20,21,22,24). The number of nitrogens with one attached hydrogen (secondary N) is 2. The van der Waals surface area contributed by atoms with Crippen LogP contribution in [-0.4, -0.2) is 37.2 Å². The van der Waals surface area contributed by atoms with Crippen LogP contribution in [-0.2, 0) is 14.3 Å². The average molecular weight is 362 g/mol. The van der Waals surface area contributed by atoms with Crippen LogP contribution >= 0.6 is 0 Å². The second-order valence-corrected chi connectivity index (χ2v) is 6.53. The van der Waals surface area contributed by atoms with E-state index >= 15 is 0 Å². The first-order valence-electron chi connectivity index (χ1n) is 8.90. The van der Waals surface area contributed by atoms with E-state index in [1.807, 2.05) is 32.0 Å². The van der Waals surface area contributed by atoms with E-state index in [-0.39, 0.29) is 12.6 Å². The number of hydrogen-bond donors (Lipinski definition) is 2. The maximum atomic E-state index is 11.7. The first-order chi connectivity index (χ1) is 12.5. The van der Waals surface area contributed by atoms with E-state index in [0.717, 1.165) is 36.8 Å². The first-order valence-corrected chi connectivity index (χ1v) is 8.90. The number of aryl methyl sites for hydroxylation is 2. The smallest absolute Gasteiger partial charge is 0.344 e. The molecular weight excluding hydrogens is 336 g/mol. The number of benzene rings is 1. The summed E-state index contributed by atoms with van der Waals surface area (Å²) in [7, 11) is 0. The molecule has 7 heteroatoms. The van der Waals surface area contributed by atoms with Gasteiger partial charge in [-0.05, 0) is 37.8 Å². The molecule has 2 rings (SSSR count). The van der Waals surface area contributed by atoms with E-state index in [9.17, 15) is 14.4 Å². The lowest BCUT2D eigenvalue weighted by Crippen LogP contribution is -2.46. The number of esters is 1. The second kappa shape index (κ2) is 9.79. The molecule has 1 aromatic rings. The summed E-state index contributed by atoms with van der Waals surface area (Å²) in [4.78, 5) is 35.2. The highest BCUT2D eigenvalue weighted by atomic mass is 16.6. The highest BCUT2D eigenvalue weighted by Crippen LogP contribution is 2.22. The van der Waals surface area contributed by atoms with Crippen molar-refractivity contribution >= 4 is 17.9 Å². The minimum absolute atomic E-state index is 0.102. The summed E-state index contributed by atoms with van der Waals surface area (Å²) >= 11 is 0. The Bertz CT molecular complexity index is 633. The quantitative estimate of drug-likeness (QED) is 0.758. The Hall–Kier alpha value is -2.57. The zero-order valence-corrected chi connectivity index (χ0v) is 15.3. The molecule has 0 saturated heterocycles. The zero-order chi connectivity index (χ0) is 18.9. The van der Waals surface area contributed by atoms with Crippen LogP contribution in [0.2, 0.25) is 0 Å². The first kappa shape index (κ1) is 19.8. The van der Waals surface area contributed by atoms with Gasteiger partial charge >= 0.3 is 12.0 Å². The minimum Gasteiger partial charge on any atom is -0.481 e. The van der Waals surface area contributed by atoms with Crippen LogP contribution < -0.4 is 15.4 Å². The van der Waals surface area contributed by atoms with Gasteiger partial charge in [-0.3, -0.25) is 10.1 Å².